The number of nitrogens with zero attached hydrogens (tertiary/aromatic N) is 2. The van der Waals surface area contributed by atoms with E-state index >= 15 is 0 Å². The first-order chi connectivity index (χ1) is 7.30. The third-order valence-electron chi connectivity index (χ3n) is 3.70. The van der Waals surface area contributed by atoms with Crippen molar-refractivity contribution in [3.8, 4) is 6.07 Å². The zero-order valence-corrected chi connectivity index (χ0v) is 9.33. The van der Waals surface area contributed by atoms with Crippen LogP contribution < -0.4 is 5.32 Å². The predicted molar refractivity (Wildman–Crippen MR) is 57.4 cm³/mol. The number of nitrogens with one attached hydrogen (secondary N) is 1. The van der Waals surface area contributed by atoms with Crippen LogP contribution in [0.3, 0.4) is 0 Å². The van der Waals surface area contributed by atoms with E-state index in [1.165, 1.54) is 13.1 Å². The van der Waals surface area contributed by atoms with Gasteiger partial charge in [-0.3, -0.25) is 5.32 Å². The van der Waals surface area contributed by atoms with Crippen molar-refractivity contribution in [3.63, 3.8) is 0 Å². The van der Waals surface area contributed by atoms with Gasteiger partial charge in [-0.25, -0.2) is 0 Å². The number of nitriles is 1. The van der Waals surface area contributed by atoms with Crippen molar-refractivity contribution in [1.82, 2.24) is 10.2 Å². The summed E-state index contributed by atoms with van der Waals surface area (Å²) in [4.78, 5) is 2.39. The number of hydrogen-bond donors (Lipinski definition) is 1. The molecule has 3 aliphatic rings. The van der Waals surface area contributed by atoms with Gasteiger partial charge in [-0.2, -0.15) is 5.26 Å². The largest absolute Gasteiger partial charge is 0.383 e. The van der Waals surface area contributed by atoms with Gasteiger partial charge in [-0.05, 0) is 31.8 Å². The van der Waals surface area contributed by atoms with Crippen LogP contribution in [0.2, 0.25) is 0 Å². The Morgan fingerprint density at radius 1 is 1.53 bits per heavy atom. The molecule has 4 heteroatoms. The summed E-state index contributed by atoms with van der Waals surface area (Å²) in [6.45, 7) is 4.67. The topological polar surface area (TPSA) is 48.3 Å². The van der Waals surface area contributed by atoms with Crippen molar-refractivity contribution in [3.05, 3.63) is 0 Å². The molecule has 0 radical (unpaired) electrons. The Balaban J connectivity index is 1.99. The summed E-state index contributed by atoms with van der Waals surface area (Å²) in [5, 5.41) is 12.8. The molecule has 0 aromatic carbocycles. The lowest BCUT2D eigenvalue weighted by Gasteiger charge is -2.50. The van der Waals surface area contributed by atoms with Crippen molar-refractivity contribution in [2.24, 2.45) is 5.92 Å². The maximum absolute atomic E-state index is 9.38. The number of fused-ring (bicyclic) bond motifs is 3. The van der Waals surface area contributed by atoms with Crippen LogP contribution in [-0.4, -0.2) is 50.3 Å². The average Bonchev–Trinajstić information content (AvgIpc) is 2.31. The number of methoxy groups -OCH3 is 1. The minimum atomic E-state index is -0.310. The van der Waals surface area contributed by atoms with Gasteiger partial charge in [0.1, 0.15) is 5.54 Å². The Labute approximate surface area is 91.2 Å². The van der Waals surface area contributed by atoms with Crippen molar-refractivity contribution < 1.29 is 4.74 Å². The molecule has 15 heavy (non-hydrogen) atoms. The van der Waals surface area contributed by atoms with Crippen molar-refractivity contribution in [1.29, 1.82) is 5.26 Å². The van der Waals surface area contributed by atoms with Gasteiger partial charge in [0, 0.05) is 20.2 Å². The van der Waals surface area contributed by atoms with Gasteiger partial charge in [0.15, 0.2) is 0 Å². The van der Waals surface area contributed by atoms with Gasteiger partial charge in [0.25, 0.3) is 0 Å². The molecule has 3 saturated heterocycles. The van der Waals surface area contributed by atoms with E-state index in [0.29, 0.717) is 12.5 Å². The summed E-state index contributed by atoms with van der Waals surface area (Å²) in [6.07, 6.45) is 2.32. The average molecular weight is 209 g/mol. The molecule has 0 aromatic rings. The highest BCUT2D eigenvalue weighted by Crippen LogP contribution is 2.35. The summed E-state index contributed by atoms with van der Waals surface area (Å²) in [5.74, 6) is 0.532. The lowest BCUT2D eigenvalue weighted by atomic mass is 9.73. The number of rotatable bonds is 4. The summed E-state index contributed by atoms with van der Waals surface area (Å²) < 4.78 is 5.02. The molecule has 0 aliphatic carbocycles. The molecule has 0 amide bonds. The first kappa shape index (κ1) is 10.9. The summed E-state index contributed by atoms with van der Waals surface area (Å²) in [6, 6.07) is 2.50. The van der Waals surface area contributed by atoms with Gasteiger partial charge in [0.05, 0.1) is 12.7 Å². The number of hydrogen-bond acceptors (Lipinski definition) is 4. The molecule has 0 aromatic heterocycles. The Kier molecular flexibility index (Phi) is 3.25. The van der Waals surface area contributed by atoms with Gasteiger partial charge in [-0.1, -0.05) is 0 Å². The monoisotopic (exact) mass is 209 g/mol. The maximum atomic E-state index is 9.38. The van der Waals surface area contributed by atoms with Crippen LogP contribution in [0.25, 0.3) is 0 Å². The second kappa shape index (κ2) is 4.48. The van der Waals surface area contributed by atoms with Crippen LogP contribution >= 0.6 is 0 Å². The fourth-order valence-electron chi connectivity index (χ4n) is 2.81. The first-order valence-corrected chi connectivity index (χ1v) is 5.68. The van der Waals surface area contributed by atoms with E-state index in [1.54, 1.807) is 7.11 Å². The molecule has 0 saturated carbocycles. The Hall–Kier alpha value is -0.630. The van der Waals surface area contributed by atoms with E-state index in [2.05, 4.69) is 16.3 Å². The first-order valence-electron chi connectivity index (χ1n) is 5.68. The van der Waals surface area contributed by atoms with Crippen LogP contribution in [0, 0.1) is 17.2 Å². The predicted octanol–water partition coefficient (Wildman–Crippen LogP) is 0.210. The molecule has 2 bridgehead atoms. The molecule has 3 aliphatic heterocycles. The summed E-state index contributed by atoms with van der Waals surface area (Å²) in [7, 11) is 1.69. The summed E-state index contributed by atoms with van der Waals surface area (Å²) >= 11 is 0. The van der Waals surface area contributed by atoms with Crippen molar-refractivity contribution in [2.75, 3.05) is 39.9 Å². The van der Waals surface area contributed by atoms with Crippen LogP contribution in [-0.2, 0) is 4.74 Å². The highest BCUT2D eigenvalue weighted by Gasteiger charge is 2.46. The van der Waals surface area contributed by atoms with Crippen molar-refractivity contribution >= 4 is 0 Å². The lowest BCUT2D eigenvalue weighted by molar-refractivity contribution is 0.0333. The molecule has 3 rings (SSSR count). The molecule has 84 valence electrons. The van der Waals surface area contributed by atoms with Crippen LogP contribution in [0.5, 0.6) is 0 Å². The molecule has 0 spiro atoms. The Bertz CT molecular complexity index is 255. The van der Waals surface area contributed by atoms with Crippen LogP contribution in [0.1, 0.15) is 12.8 Å². The zero-order valence-electron chi connectivity index (χ0n) is 9.33. The molecule has 3 fully saturated rings. The third kappa shape index (κ3) is 2.00. The fourth-order valence-corrected chi connectivity index (χ4v) is 2.81. The SMILES string of the molecule is COCCNC1(C#N)CN2CCC1CC2. The van der Waals surface area contributed by atoms with E-state index in [-0.39, 0.29) is 5.54 Å². The van der Waals surface area contributed by atoms with E-state index in [9.17, 15) is 5.26 Å². The Morgan fingerprint density at radius 3 is 2.73 bits per heavy atom. The Morgan fingerprint density at radius 2 is 2.27 bits per heavy atom. The second-order valence-electron chi connectivity index (χ2n) is 4.55. The van der Waals surface area contributed by atoms with Gasteiger partial charge < -0.3 is 9.64 Å². The second-order valence-corrected chi connectivity index (χ2v) is 4.55. The van der Waals surface area contributed by atoms with Crippen molar-refractivity contribution in [2.45, 2.75) is 18.4 Å². The van der Waals surface area contributed by atoms with E-state index in [1.807, 2.05) is 0 Å². The molecule has 3 heterocycles. The van der Waals surface area contributed by atoms with E-state index < -0.39 is 0 Å². The fraction of sp³-hybridized carbons (Fsp3) is 0.909. The van der Waals surface area contributed by atoms with E-state index in [4.69, 9.17) is 4.74 Å². The van der Waals surface area contributed by atoms with Crippen LogP contribution in [0.4, 0.5) is 0 Å². The highest BCUT2D eigenvalue weighted by molar-refractivity contribution is 5.16. The minimum absolute atomic E-state index is 0.310. The van der Waals surface area contributed by atoms with E-state index in [0.717, 1.165) is 25.9 Å². The molecular formula is C11H19N3O. The number of piperidine rings is 3. The smallest absolute Gasteiger partial charge is 0.122 e. The molecule has 1 N–H and O–H groups in total. The minimum Gasteiger partial charge on any atom is -0.383 e. The van der Waals surface area contributed by atoms with Gasteiger partial charge in [0.2, 0.25) is 0 Å². The molecule has 1 atom stereocenters. The number of ether oxygens (including phenoxy) is 1. The third-order valence-corrected chi connectivity index (χ3v) is 3.70. The summed E-state index contributed by atoms with van der Waals surface area (Å²) in [5.41, 5.74) is -0.310. The molecule has 4 nitrogen and oxygen atoms in total. The standard InChI is InChI=1S/C11H19N3O/c1-15-7-4-13-11(8-12)9-14-5-2-10(11)3-6-14/h10,13H,2-7,9H2,1H3. The lowest BCUT2D eigenvalue weighted by Crippen LogP contribution is -2.65. The maximum Gasteiger partial charge on any atom is 0.122 e. The quantitative estimate of drug-likeness (QED) is 0.672. The van der Waals surface area contributed by atoms with Gasteiger partial charge in [-0.15, -0.1) is 0 Å². The van der Waals surface area contributed by atoms with Gasteiger partial charge >= 0.3 is 0 Å². The molecular weight excluding hydrogens is 190 g/mol. The zero-order chi connectivity index (χ0) is 10.7. The van der Waals surface area contributed by atoms with Crippen LogP contribution in [0.15, 0.2) is 0 Å². The molecule has 1 unspecified atom stereocenters. The highest BCUT2D eigenvalue weighted by atomic mass is 16.5. The normalized spacial score (nSPS) is 38.9.